The van der Waals surface area contributed by atoms with Gasteiger partial charge in [-0.2, -0.15) is 13.2 Å². The SMILES string of the molecule is Cc1c(-c2ccc(S(=O)(=O)N(C)C)cc2)cc(C(C)(C)C)c(O)c1C(=O)Nc1ccc(S(=O)(=O)C(F)(F)F)cc1Cl. The number of carbonyl (C=O) groups excluding carboxylic acids is 1. The third-order valence-electron chi connectivity index (χ3n) is 6.34. The number of carbonyl (C=O) groups is 1. The van der Waals surface area contributed by atoms with Crippen molar-refractivity contribution in [1.29, 1.82) is 0 Å². The van der Waals surface area contributed by atoms with Crippen LogP contribution in [-0.2, 0) is 25.3 Å². The minimum atomic E-state index is -5.66. The summed E-state index contributed by atoms with van der Waals surface area (Å²) in [5.41, 5.74) is -4.74. The van der Waals surface area contributed by atoms with Crippen molar-refractivity contribution >= 4 is 43.1 Å². The van der Waals surface area contributed by atoms with E-state index >= 15 is 0 Å². The minimum Gasteiger partial charge on any atom is -0.507 e. The van der Waals surface area contributed by atoms with Crippen LogP contribution in [0.5, 0.6) is 5.75 Å². The molecule has 3 rings (SSSR count). The number of alkyl halides is 3. The summed E-state index contributed by atoms with van der Waals surface area (Å²) in [5, 5.41) is 13.1. The molecule has 0 atom stereocenters. The number of hydrogen-bond acceptors (Lipinski definition) is 6. The van der Waals surface area contributed by atoms with E-state index in [-0.39, 0.29) is 21.9 Å². The lowest BCUT2D eigenvalue weighted by molar-refractivity contribution is -0.0436. The van der Waals surface area contributed by atoms with Gasteiger partial charge in [0.05, 0.1) is 26.1 Å². The number of aromatic hydroxyl groups is 1. The number of halogens is 4. The molecule has 3 aromatic carbocycles. The number of benzene rings is 3. The lowest BCUT2D eigenvalue weighted by atomic mass is 9.81. The van der Waals surface area contributed by atoms with Crippen LogP contribution in [0.2, 0.25) is 5.02 Å². The van der Waals surface area contributed by atoms with Crippen molar-refractivity contribution < 1.29 is 39.9 Å². The number of phenols is 1. The monoisotopic (exact) mass is 632 g/mol. The number of nitrogens with one attached hydrogen (secondary N) is 1. The average Bonchev–Trinajstić information content (AvgIpc) is 2.84. The average molecular weight is 633 g/mol. The van der Waals surface area contributed by atoms with Crippen molar-refractivity contribution in [3.63, 3.8) is 0 Å². The van der Waals surface area contributed by atoms with Crippen molar-refractivity contribution in [2.24, 2.45) is 0 Å². The van der Waals surface area contributed by atoms with Crippen molar-refractivity contribution in [3.05, 3.63) is 70.2 Å². The van der Waals surface area contributed by atoms with Gasteiger partial charge >= 0.3 is 5.51 Å². The second-order valence-electron chi connectivity index (χ2n) is 10.4. The largest absolute Gasteiger partial charge is 0.507 e. The first-order chi connectivity index (χ1) is 18.6. The Labute approximate surface area is 241 Å². The van der Waals surface area contributed by atoms with Gasteiger partial charge in [0, 0.05) is 19.7 Å². The van der Waals surface area contributed by atoms with Crippen LogP contribution in [0, 0.1) is 6.92 Å². The maximum absolute atomic E-state index is 13.5. The molecule has 0 bridgehead atoms. The van der Waals surface area contributed by atoms with Gasteiger partial charge in [0.25, 0.3) is 15.7 Å². The highest BCUT2D eigenvalue weighted by Gasteiger charge is 2.47. The smallest absolute Gasteiger partial charge is 0.501 e. The van der Waals surface area contributed by atoms with Crippen LogP contribution in [0.25, 0.3) is 11.1 Å². The number of sulfone groups is 1. The van der Waals surface area contributed by atoms with Crippen molar-refractivity contribution in [2.75, 3.05) is 19.4 Å². The molecule has 0 aliphatic rings. The zero-order valence-corrected chi connectivity index (χ0v) is 25.3. The molecule has 0 saturated carbocycles. The van der Waals surface area contributed by atoms with Gasteiger partial charge in [-0.05, 0) is 65.4 Å². The van der Waals surface area contributed by atoms with E-state index < -0.39 is 46.6 Å². The maximum atomic E-state index is 13.5. The second-order valence-corrected chi connectivity index (χ2v) is 14.9. The minimum absolute atomic E-state index is 0.0577. The lowest BCUT2D eigenvalue weighted by Crippen LogP contribution is -2.23. The van der Waals surface area contributed by atoms with Gasteiger partial charge in [-0.25, -0.2) is 21.1 Å². The quantitative estimate of drug-likeness (QED) is 0.338. The molecule has 0 radical (unpaired) electrons. The molecule has 0 heterocycles. The molecule has 41 heavy (non-hydrogen) atoms. The zero-order valence-electron chi connectivity index (χ0n) is 22.9. The highest BCUT2D eigenvalue weighted by atomic mass is 35.5. The standard InChI is InChI=1S/C27H28ClF3N2O6S2/c1-15-19(16-7-9-17(10-8-16)41(38,39)33(5)6)14-20(26(2,3)4)24(34)23(15)25(35)32-22-12-11-18(13-21(22)28)40(36,37)27(29,30)31/h7-14,34H,1-6H3,(H,32,35). The van der Waals surface area contributed by atoms with E-state index in [2.05, 4.69) is 5.32 Å². The maximum Gasteiger partial charge on any atom is 0.501 e. The normalized spacial score (nSPS) is 13.0. The van der Waals surface area contributed by atoms with Crippen LogP contribution in [-0.4, -0.2) is 51.8 Å². The number of phenolic OH excluding ortho intramolecular Hbond substituents is 1. The second kappa shape index (κ2) is 10.9. The third-order valence-corrected chi connectivity index (χ3v) is 9.97. The summed E-state index contributed by atoms with van der Waals surface area (Å²) >= 11 is 6.04. The van der Waals surface area contributed by atoms with E-state index in [0.29, 0.717) is 34.4 Å². The molecule has 3 aromatic rings. The van der Waals surface area contributed by atoms with Gasteiger partial charge in [0.2, 0.25) is 10.0 Å². The highest BCUT2D eigenvalue weighted by Crippen LogP contribution is 2.41. The first-order valence-electron chi connectivity index (χ1n) is 11.9. The van der Waals surface area contributed by atoms with Crippen molar-refractivity contribution in [1.82, 2.24) is 4.31 Å². The molecule has 222 valence electrons. The van der Waals surface area contributed by atoms with Crippen LogP contribution in [0.1, 0.15) is 42.3 Å². The summed E-state index contributed by atoms with van der Waals surface area (Å²) < 4.78 is 88.3. The van der Waals surface area contributed by atoms with E-state index in [0.717, 1.165) is 10.4 Å². The summed E-state index contributed by atoms with van der Waals surface area (Å²) in [6, 6.07) is 9.84. The third kappa shape index (κ3) is 6.22. The van der Waals surface area contributed by atoms with E-state index in [1.807, 2.05) is 20.8 Å². The van der Waals surface area contributed by atoms with Crippen molar-refractivity contribution in [3.8, 4) is 16.9 Å². The predicted octanol–water partition coefficient (Wildman–Crippen LogP) is 6.11. The summed E-state index contributed by atoms with van der Waals surface area (Å²) in [6.07, 6.45) is 0. The molecule has 0 aliphatic heterocycles. The zero-order chi connectivity index (χ0) is 31.3. The Kier molecular flexibility index (Phi) is 8.64. The molecular formula is C27H28ClF3N2O6S2. The Hall–Kier alpha value is -3.13. The van der Waals surface area contributed by atoms with Crippen LogP contribution in [0.3, 0.4) is 0 Å². The number of hydrogen-bond donors (Lipinski definition) is 2. The van der Waals surface area contributed by atoms with Crippen LogP contribution < -0.4 is 5.32 Å². The molecule has 0 saturated heterocycles. The number of amides is 1. The van der Waals surface area contributed by atoms with Gasteiger partial charge in [-0.1, -0.05) is 44.5 Å². The number of anilines is 1. The van der Waals surface area contributed by atoms with Gasteiger partial charge in [0.15, 0.2) is 0 Å². The predicted molar refractivity (Wildman–Crippen MR) is 150 cm³/mol. The van der Waals surface area contributed by atoms with Crippen molar-refractivity contribution in [2.45, 2.75) is 48.4 Å². The summed E-state index contributed by atoms with van der Waals surface area (Å²) in [5.74, 6) is -1.19. The lowest BCUT2D eigenvalue weighted by Gasteiger charge is -2.25. The molecule has 0 fully saturated rings. The fourth-order valence-corrected chi connectivity index (χ4v) is 6.00. The first kappa shape index (κ1) is 32.4. The number of nitrogens with zero attached hydrogens (tertiary/aromatic N) is 1. The molecule has 14 heteroatoms. The van der Waals surface area contributed by atoms with E-state index in [9.17, 15) is 39.9 Å². The topological polar surface area (TPSA) is 121 Å². The van der Waals surface area contributed by atoms with Gasteiger partial charge in [-0.15, -0.1) is 0 Å². The van der Waals surface area contributed by atoms with E-state index in [1.165, 1.54) is 26.2 Å². The fourth-order valence-electron chi connectivity index (χ4n) is 4.02. The Morgan fingerprint density at radius 1 is 0.927 bits per heavy atom. The summed E-state index contributed by atoms with van der Waals surface area (Å²) in [7, 11) is -6.54. The Morgan fingerprint density at radius 3 is 1.93 bits per heavy atom. The van der Waals surface area contributed by atoms with Gasteiger partial charge < -0.3 is 10.4 Å². The van der Waals surface area contributed by atoms with Crippen LogP contribution in [0.15, 0.2) is 58.3 Å². The molecule has 0 unspecified atom stereocenters. The molecule has 1 amide bonds. The van der Waals surface area contributed by atoms with E-state index in [1.54, 1.807) is 25.1 Å². The molecular weight excluding hydrogens is 605 g/mol. The van der Waals surface area contributed by atoms with Gasteiger partial charge in [0.1, 0.15) is 5.75 Å². The number of rotatable bonds is 6. The van der Waals surface area contributed by atoms with Gasteiger partial charge in [-0.3, -0.25) is 4.79 Å². The van der Waals surface area contributed by atoms with Crippen LogP contribution >= 0.6 is 11.6 Å². The van der Waals surface area contributed by atoms with E-state index in [4.69, 9.17) is 11.6 Å². The van der Waals surface area contributed by atoms with Crippen LogP contribution in [0.4, 0.5) is 18.9 Å². The first-order valence-corrected chi connectivity index (χ1v) is 15.2. The number of sulfonamides is 1. The Balaban J connectivity index is 2.13. The summed E-state index contributed by atoms with van der Waals surface area (Å²) in [6.45, 7) is 7.01. The Bertz CT molecular complexity index is 1730. The molecule has 0 spiro atoms. The highest BCUT2D eigenvalue weighted by molar-refractivity contribution is 7.92. The molecule has 2 N–H and O–H groups in total. The fraction of sp³-hybridized carbons (Fsp3) is 0.296. The summed E-state index contributed by atoms with van der Waals surface area (Å²) in [4.78, 5) is 12.4. The molecule has 0 aromatic heterocycles. The molecule has 8 nitrogen and oxygen atoms in total. The molecule has 0 aliphatic carbocycles. The Morgan fingerprint density at radius 2 is 1.46 bits per heavy atom.